The summed E-state index contributed by atoms with van der Waals surface area (Å²) in [7, 11) is -3.56. The number of nitrogens with zero attached hydrogens (tertiary/aromatic N) is 1. The van der Waals surface area contributed by atoms with Gasteiger partial charge in [-0.2, -0.15) is 4.31 Å². The van der Waals surface area contributed by atoms with Crippen LogP contribution in [0.4, 0.5) is 0 Å². The average Bonchev–Trinajstić information content (AvgIpc) is 3.32. The Morgan fingerprint density at radius 1 is 1.18 bits per heavy atom. The van der Waals surface area contributed by atoms with E-state index >= 15 is 0 Å². The highest BCUT2D eigenvalue weighted by Crippen LogP contribution is 2.49. The summed E-state index contributed by atoms with van der Waals surface area (Å²) in [4.78, 5) is 13.2. The SMILES string of the molecule is CC(NC(=O)C1CCCN(S(=O)(=O)c2ccc(Br)cc2)C1)C1CC2CCC1C2. The van der Waals surface area contributed by atoms with Crippen molar-refractivity contribution in [2.45, 2.75) is 56.4 Å². The maximum absolute atomic E-state index is 13.0. The number of rotatable bonds is 5. The van der Waals surface area contributed by atoms with E-state index < -0.39 is 10.0 Å². The van der Waals surface area contributed by atoms with Gasteiger partial charge < -0.3 is 5.32 Å². The van der Waals surface area contributed by atoms with Gasteiger partial charge in [0.15, 0.2) is 0 Å². The Bertz CT molecular complexity index is 827. The first-order valence-electron chi connectivity index (χ1n) is 10.4. The fourth-order valence-corrected chi connectivity index (χ4v) is 7.27. The molecule has 3 fully saturated rings. The molecule has 2 aliphatic carbocycles. The Kier molecular flexibility index (Phi) is 5.87. The molecule has 2 saturated carbocycles. The molecule has 1 amide bonds. The lowest BCUT2D eigenvalue weighted by atomic mass is 9.83. The van der Waals surface area contributed by atoms with Gasteiger partial charge in [-0.25, -0.2) is 8.42 Å². The second kappa shape index (κ2) is 8.07. The summed E-state index contributed by atoms with van der Waals surface area (Å²) < 4.78 is 28.3. The Morgan fingerprint density at radius 2 is 1.93 bits per heavy atom. The van der Waals surface area contributed by atoms with Crippen LogP contribution in [0.2, 0.25) is 0 Å². The van der Waals surface area contributed by atoms with Crippen molar-refractivity contribution in [2.24, 2.45) is 23.7 Å². The minimum atomic E-state index is -3.56. The number of carbonyl (C=O) groups excluding carboxylic acids is 1. The number of carbonyl (C=O) groups is 1. The first-order valence-corrected chi connectivity index (χ1v) is 12.6. The minimum absolute atomic E-state index is 0.0194. The first-order chi connectivity index (χ1) is 13.3. The highest BCUT2D eigenvalue weighted by atomic mass is 79.9. The number of hydrogen-bond donors (Lipinski definition) is 1. The Labute approximate surface area is 176 Å². The van der Waals surface area contributed by atoms with Gasteiger partial charge in [-0.15, -0.1) is 0 Å². The molecule has 2 bridgehead atoms. The molecule has 5 nitrogen and oxygen atoms in total. The third-order valence-electron chi connectivity index (χ3n) is 7.01. The van der Waals surface area contributed by atoms with Gasteiger partial charge in [0.2, 0.25) is 15.9 Å². The molecule has 4 rings (SSSR count). The van der Waals surface area contributed by atoms with Crippen LogP contribution in [0.1, 0.15) is 45.4 Å². The summed E-state index contributed by atoms with van der Waals surface area (Å²) in [5.41, 5.74) is 0. The molecular weight excluding hydrogens is 440 g/mol. The number of sulfonamides is 1. The number of piperidine rings is 1. The summed E-state index contributed by atoms with van der Waals surface area (Å²) in [6.07, 6.45) is 6.69. The van der Waals surface area contributed by atoms with Crippen molar-refractivity contribution in [3.05, 3.63) is 28.7 Å². The fourth-order valence-electron chi connectivity index (χ4n) is 5.49. The van der Waals surface area contributed by atoms with Crippen LogP contribution in [-0.4, -0.2) is 37.8 Å². The van der Waals surface area contributed by atoms with Crippen LogP contribution < -0.4 is 5.32 Å². The van der Waals surface area contributed by atoms with Crippen molar-refractivity contribution in [2.75, 3.05) is 13.1 Å². The molecule has 1 N–H and O–H groups in total. The average molecular weight is 469 g/mol. The smallest absolute Gasteiger partial charge is 0.243 e. The molecule has 1 aromatic rings. The number of nitrogens with one attached hydrogen (secondary N) is 1. The molecule has 3 aliphatic rings. The van der Waals surface area contributed by atoms with Crippen LogP contribution in [0.15, 0.2) is 33.6 Å². The van der Waals surface area contributed by atoms with Gasteiger partial charge in [0.25, 0.3) is 0 Å². The van der Waals surface area contributed by atoms with Gasteiger partial charge in [0.1, 0.15) is 0 Å². The standard InChI is InChI=1S/C21H29BrN2O3S/c1-14(20-12-15-4-5-16(20)11-15)23-21(25)17-3-2-10-24(13-17)28(26,27)19-8-6-18(22)7-9-19/h6-9,14-17,20H,2-5,10-13H2,1H3,(H,23,25). The van der Waals surface area contributed by atoms with E-state index in [0.29, 0.717) is 12.5 Å². The van der Waals surface area contributed by atoms with Gasteiger partial charge in [-0.1, -0.05) is 22.4 Å². The van der Waals surface area contributed by atoms with Crippen LogP contribution in [0.25, 0.3) is 0 Å². The molecule has 5 atom stereocenters. The summed E-state index contributed by atoms with van der Waals surface area (Å²) >= 11 is 3.34. The molecule has 0 radical (unpaired) electrons. The van der Waals surface area contributed by atoms with Crippen molar-refractivity contribution in [3.8, 4) is 0 Å². The van der Waals surface area contributed by atoms with E-state index in [2.05, 4.69) is 28.2 Å². The predicted octanol–water partition coefficient (Wildman–Crippen LogP) is 3.79. The Balaban J connectivity index is 1.39. The molecule has 154 valence electrons. The summed E-state index contributed by atoms with van der Waals surface area (Å²) in [5, 5.41) is 3.23. The molecular formula is C21H29BrN2O3S. The Hall–Kier alpha value is -0.920. The maximum atomic E-state index is 13.0. The van der Waals surface area contributed by atoms with E-state index in [9.17, 15) is 13.2 Å². The van der Waals surface area contributed by atoms with E-state index in [1.807, 2.05) is 0 Å². The molecule has 7 heteroatoms. The monoisotopic (exact) mass is 468 g/mol. The quantitative estimate of drug-likeness (QED) is 0.714. The molecule has 1 aromatic carbocycles. The van der Waals surface area contributed by atoms with Crippen LogP contribution in [0, 0.1) is 23.7 Å². The summed E-state index contributed by atoms with van der Waals surface area (Å²) in [5.74, 6) is 1.97. The maximum Gasteiger partial charge on any atom is 0.243 e. The van der Waals surface area contributed by atoms with Gasteiger partial charge in [-0.3, -0.25) is 4.79 Å². The van der Waals surface area contributed by atoms with Gasteiger partial charge in [0.05, 0.1) is 10.8 Å². The van der Waals surface area contributed by atoms with E-state index in [1.54, 1.807) is 24.3 Å². The normalized spacial score (nSPS) is 31.6. The van der Waals surface area contributed by atoms with E-state index in [0.717, 1.165) is 29.2 Å². The molecule has 1 heterocycles. The van der Waals surface area contributed by atoms with Gasteiger partial charge in [0, 0.05) is 23.6 Å². The lowest BCUT2D eigenvalue weighted by Gasteiger charge is -2.33. The molecule has 0 aromatic heterocycles. The van der Waals surface area contributed by atoms with Crippen molar-refractivity contribution >= 4 is 31.9 Å². The summed E-state index contributed by atoms with van der Waals surface area (Å²) in [6.45, 7) is 2.88. The second-order valence-corrected chi connectivity index (χ2v) is 11.6. The zero-order chi connectivity index (χ0) is 19.9. The first kappa shape index (κ1) is 20.4. The van der Waals surface area contributed by atoms with Crippen LogP contribution >= 0.6 is 15.9 Å². The highest BCUT2D eigenvalue weighted by molar-refractivity contribution is 9.10. The summed E-state index contributed by atoms with van der Waals surface area (Å²) in [6, 6.07) is 6.87. The van der Waals surface area contributed by atoms with Crippen molar-refractivity contribution in [1.29, 1.82) is 0 Å². The number of hydrogen-bond acceptors (Lipinski definition) is 3. The van der Waals surface area contributed by atoms with Crippen LogP contribution in [0.5, 0.6) is 0 Å². The lowest BCUT2D eigenvalue weighted by molar-refractivity contribution is -0.127. The van der Waals surface area contributed by atoms with Crippen molar-refractivity contribution in [1.82, 2.24) is 9.62 Å². The van der Waals surface area contributed by atoms with E-state index in [1.165, 1.54) is 30.0 Å². The van der Waals surface area contributed by atoms with Crippen LogP contribution in [-0.2, 0) is 14.8 Å². The molecule has 0 spiro atoms. The van der Waals surface area contributed by atoms with Crippen LogP contribution in [0.3, 0.4) is 0 Å². The number of halogens is 1. The zero-order valence-electron chi connectivity index (χ0n) is 16.3. The Morgan fingerprint density at radius 3 is 2.57 bits per heavy atom. The molecule has 1 aliphatic heterocycles. The molecule has 28 heavy (non-hydrogen) atoms. The third kappa shape index (κ3) is 4.03. The van der Waals surface area contributed by atoms with E-state index in [4.69, 9.17) is 0 Å². The predicted molar refractivity (Wildman–Crippen MR) is 112 cm³/mol. The third-order valence-corrected chi connectivity index (χ3v) is 9.42. The lowest BCUT2D eigenvalue weighted by Crippen LogP contribution is -2.48. The van der Waals surface area contributed by atoms with Gasteiger partial charge >= 0.3 is 0 Å². The highest BCUT2D eigenvalue weighted by Gasteiger charge is 2.42. The molecule has 1 saturated heterocycles. The van der Waals surface area contributed by atoms with Gasteiger partial charge in [-0.05, 0) is 81.0 Å². The number of benzene rings is 1. The zero-order valence-corrected chi connectivity index (χ0v) is 18.7. The minimum Gasteiger partial charge on any atom is -0.353 e. The van der Waals surface area contributed by atoms with E-state index in [-0.39, 0.29) is 29.3 Å². The van der Waals surface area contributed by atoms with Crippen molar-refractivity contribution in [3.63, 3.8) is 0 Å². The topological polar surface area (TPSA) is 66.5 Å². The number of amides is 1. The second-order valence-electron chi connectivity index (χ2n) is 8.79. The van der Waals surface area contributed by atoms with Crippen molar-refractivity contribution < 1.29 is 13.2 Å². The largest absolute Gasteiger partial charge is 0.353 e. The fraction of sp³-hybridized carbons (Fsp3) is 0.667. The molecule has 5 unspecified atom stereocenters. The number of fused-ring (bicyclic) bond motifs is 2.